The fraction of sp³-hybridized carbons (Fsp3) is 0.235. The number of sulfone groups is 1. The van der Waals surface area contributed by atoms with Crippen LogP contribution in [0.1, 0.15) is 15.9 Å². The highest BCUT2D eigenvalue weighted by Crippen LogP contribution is 2.30. The van der Waals surface area contributed by atoms with E-state index in [2.05, 4.69) is 5.32 Å². The van der Waals surface area contributed by atoms with Crippen LogP contribution in [0.3, 0.4) is 0 Å². The molecule has 140 valence electrons. The van der Waals surface area contributed by atoms with Crippen LogP contribution in [0.25, 0.3) is 0 Å². The van der Waals surface area contributed by atoms with Crippen LogP contribution in [0, 0.1) is 0 Å². The van der Waals surface area contributed by atoms with E-state index in [0.29, 0.717) is 12.2 Å². The predicted molar refractivity (Wildman–Crippen MR) is 88.7 cm³/mol. The van der Waals surface area contributed by atoms with E-state index >= 15 is 0 Å². The highest BCUT2D eigenvalue weighted by atomic mass is 32.2. The SMILES string of the molecule is COc1ccccc1CCNC(=O)c1ccc(S(=O)(=O)C(F)(F)F)cc1. The van der Waals surface area contributed by atoms with Crippen molar-refractivity contribution in [1.29, 1.82) is 0 Å². The normalized spacial score (nSPS) is 11.8. The number of hydrogen-bond acceptors (Lipinski definition) is 4. The molecule has 2 rings (SSSR count). The molecular formula is C17H16F3NO4S. The van der Waals surface area contributed by atoms with Gasteiger partial charge in [-0.05, 0) is 42.3 Å². The second-order valence-corrected chi connectivity index (χ2v) is 7.23. The van der Waals surface area contributed by atoms with Crippen LogP contribution in [0.5, 0.6) is 5.75 Å². The van der Waals surface area contributed by atoms with Gasteiger partial charge in [-0.15, -0.1) is 0 Å². The molecule has 9 heteroatoms. The zero-order valence-electron chi connectivity index (χ0n) is 13.7. The van der Waals surface area contributed by atoms with Crippen molar-refractivity contribution < 1.29 is 31.1 Å². The minimum Gasteiger partial charge on any atom is -0.496 e. The van der Waals surface area contributed by atoms with Gasteiger partial charge in [0.2, 0.25) is 0 Å². The highest BCUT2D eigenvalue weighted by molar-refractivity contribution is 7.92. The number of amides is 1. The average Bonchev–Trinajstić information content (AvgIpc) is 2.61. The lowest BCUT2D eigenvalue weighted by Gasteiger charge is -2.10. The number of carbonyl (C=O) groups is 1. The lowest BCUT2D eigenvalue weighted by Crippen LogP contribution is -2.26. The van der Waals surface area contributed by atoms with Crippen LogP contribution in [-0.2, 0) is 16.3 Å². The van der Waals surface area contributed by atoms with Crippen LogP contribution in [0.2, 0.25) is 0 Å². The summed E-state index contributed by atoms with van der Waals surface area (Å²) in [5, 5.41) is 2.62. The lowest BCUT2D eigenvalue weighted by molar-refractivity contribution is -0.0436. The Morgan fingerprint density at radius 2 is 1.69 bits per heavy atom. The molecule has 0 atom stereocenters. The van der Waals surface area contributed by atoms with Crippen molar-refractivity contribution in [2.75, 3.05) is 13.7 Å². The summed E-state index contributed by atoms with van der Waals surface area (Å²) in [4.78, 5) is 11.1. The third kappa shape index (κ3) is 4.34. The summed E-state index contributed by atoms with van der Waals surface area (Å²) in [6.45, 7) is 0.280. The van der Waals surface area contributed by atoms with Gasteiger partial charge in [0.05, 0.1) is 12.0 Å². The minimum atomic E-state index is -5.43. The zero-order valence-corrected chi connectivity index (χ0v) is 14.5. The molecule has 2 aromatic carbocycles. The van der Waals surface area contributed by atoms with Gasteiger partial charge in [-0.3, -0.25) is 4.79 Å². The Morgan fingerprint density at radius 3 is 2.27 bits per heavy atom. The summed E-state index contributed by atoms with van der Waals surface area (Å²) in [6.07, 6.45) is 0.496. The molecule has 0 heterocycles. The topological polar surface area (TPSA) is 72.5 Å². The summed E-state index contributed by atoms with van der Waals surface area (Å²) in [5.74, 6) is 0.166. The van der Waals surface area contributed by atoms with E-state index in [4.69, 9.17) is 4.74 Å². The summed E-state index contributed by atoms with van der Waals surface area (Å²) < 4.78 is 65.2. The van der Waals surface area contributed by atoms with E-state index in [1.807, 2.05) is 18.2 Å². The molecule has 0 bridgehead atoms. The van der Waals surface area contributed by atoms with Crippen LogP contribution in [-0.4, -0.2) is 33.5 Å². The number of carbonyl (C=O) groups excluding carboxylic acids is 1. The van der Waals surface area contributed by atoms with Crippen molar-refractivity contribution in [3.63, 3.8) is 0 Å². The molecule has 0 aliphatic carbocycles. The first kappa shape index (κ1) is 19.8. The van der Waals surface area contributed by atoms with Gasteiger partial charge in [-0.25, -0.2) is 8.42 Å². The number of ether oxygens (including phenoxy) is 1. The maximum absolute atomic E-state index is 12.5. The molecule has 0 aliphatic heterocycles. The standard InChI is InChI=1S/C17H16F3NO4S/c1-25-15-5-3-2-4-12(15)10-11-21-16(22)13-6-8-14(9-7-13)26(23,24)17(18,19)20/h2-9H,10-11H2,1H3,(H,21,22). The van der Waals surface area contributed by atoms with Crippen LogP contribution in [0.15, 0.2) is 53.4 Å². The van der Waals surface area contributed by atoms with Crippen LogP contribution >= 0.6 is 0 Å². The number of halogens is 3. The molecule has 0 unspecified atom stereocenters. The zero-order chi connectivity index (χ0) is 19.4. The van der Waals surface area contributed by atoms with Gasteiger partial charge >= 0.3 is 5.51 Å². The number of methoxy groups -OCH3 is 1. The molecule has 0 aromatic heterocycles. The fourth-order valence-electron chi connectivity index (χ4n) is 2.24. The Bertz CT molecular complexity index is 878. The molecule has 0 fully saturated rings. The van der Waals surface area contributed by atoms with Crippen LogP contribution in [0.4, 0.5) is 13.2 Å². The molecular weight excluding hydrogens is 371 g/mol. The maximum Gasteiger partial charge on any atom is 0.501 e. The van der Waals surface area contributed by atoms with Gasteiger partial charge in [-0.1, -0.05) is 18.2 Å². The van der Waals surface area contributed by atoms with Crippen molar-refractivity contribution in [2.45, 2.75) is 16.8 Å². The summed E-state index contributed by atoms with van der Waals surface area (Å²) in [6, 6.07) is 10.9. The monoisotopic (exact) mass is 387 g/mol. The quantitative estimate of drug-likeness (QED) is 0.827. The highest BCUT2D eigenvalue weighted by Gasteiger charge is 2.46. The Morgan fingerprint density at radius 1 is 1.08 bits per heavy atom. The Balaban J connectivity index is 2.00. The molecule has 5 nitrogen and oxygen atoms in total. The van der Waals surface area contributed by atoms with Crippen LogP contribution < -0.4 is 10.1 Å². The van der Waals surface area contributed by atoms with E-state index in [0.717, 1.165) is 29.8 Å². The summed E-state index contributed by atoms with van der Waals surface area (Å²) >= 11 is 0. The Kier molecular flexibility index (Phi) is 5.91. The van der Waals surface area contributed by atoms with Crippen molar-refractivity contribution >= 4 is 15.7 Å². The molecule has 0 spiro atoms. The maximum atomic E-state index is 12.5. The van der Waals surface area contributed by atoms with Gasteiger partial charge < -0.3 is 10.1 Å². The molecule has 0 aliphatic rings. The van der Waals surface area contributed by atoms with Crippen molar-refractivity contribution in [2.24, 2.45) is 0 Å². The fourth-order valence-corrected chi connectivity index (χ4v) is 3.00. The van der Waals surface area contributed by atoms with E-state index in [1.54, 1.807) is 6.07 Å². The molecule has 0 saturated heterocycles. The Hall–Kier alpha value is -2.55. The van der Waals surface area contributed by atoms with E-state index in [1.165, 1.54) is 7.11 Å². The van der Waals surface area contributed by atoms with Gasteiger partial charge in [-0.2, -0.15) is 13.2 Å². The molecule has 0 saturated carbocycles. The molecule has 1 N–H and O–H groups in total. The summed E-state index contributed by atoms with van der Waals surface area (Å²) in [7, 11) is -3.89. The number of para-hydroxylation sites is 1. The molecule has 0 radical (unpaired) electrons. The molecule has 2 aromatic rings. The van der Waals surface area contributed by atoms with Gasteiger partial charge in [0.1, 0.15) is 5.75 Å². The second-order valence-electron chi connectivity index (χ2n) is 5.29. The number of benzene rings is 2. The van der Waals surface area contributed by atoms with E-state index < -0.39 is 26.1 Å². The second kappa shape index (κ2) is 7.77. The average molecular weight is 387 g/mol. The van der Waals surface area contributed by atoms with E-state index in [9.17, 15) is 26.4 Å². The third-order valence-electron chi connectivity index (χ3n) is 3.60. The number of hydrogen-bond donors (Lipinski definition) is 1. The smallest absolute Gasteiger partial charge is 0.496 e. The first-order valence-electron chi connectivity index (χ1n) is 7.48. The number of nitrogens with one attached hydrogen (secondary N) is 1. The van der Waals surface area contributed by atoms with Gasteiger partial charge in [0.15, 0.2) is 0 Å². The first-order chi connectivity index (χ1) is 12.2. The van der Waals surface area contributed by atoms with Gasteiger partial charge in [0, 0.05) is 12.1 Å². The molecule has 26 heavy (non-hydrogen) atoms. The third-order valence-corrected chi connectivity index (χ3v) is 5.11. The number of rotatable bonds is 6. The Labute approximate surface area is 148 Å². The van der Waals surface area contributed by atoms with Crippen molar-refractivity contribution in [1.82, 2.24) is 5.32 Å². The van der Waals surface area contributed by atoms with E-state index in [-0.39, 0.29) is 12.1 Å². The summed E-state index contributed by atoms with van der Waals surface area (Å²) in [5.41, 5.74) is -4.43. The van der Waals surface area contributed by atoms with Gasteiger partial charge in [0.25, 0.3) is 15.7 Å². The largest absolute Gasteiger partial charge is 0.501 e. The lowest BCUT2D eigenvalue weighted by atomic mass is 10.1. The number of alkyl halides is 3. The van der Waals surface area contributed by atoms with Crippen molar-refractivity contribution in [3.05, 3.63) is 59.7 Å². The molecule has 1 amide bonds. The first-order valence-corrected chi connectivity index (χ1v) is 8.96. The minimum absolute atomic E-state index is 0.0613. The predicted octanol–water partition coefficient (Wildman–Crippen LogP) is 2.96. The van der Waals surface area contributed by atoms with Crippen molar-refractivity contribution in [3.8, 4) is 5.75 Å².